The molecule has 0 spiro atoms. The lowest BCUT2D eigenvalue weighted by atomic mass is 9.53. The first-order chi connectivity index (χ1) is 8.74. The highest BCUT2D eigenvalue weighted by atomic mass is 16.5. The Labute approximate surface area is 106 Å². The molecule has 0 aromatic carbocycles. The van der Waals surface area contributed by atoms with Gasteiger partial charge >= 0.3 is 5.76 Å². The van der Waals surface area contributed by atoms with Crippen LogP contribution in [0.5, 0.6) is 0 Å². The first kappa shape index (κ1) is 12.0. The van der Waals surface area contributed by atoms with Gasteiger partial charge in [0.25, 0.3) is 0 Å². The molecule has 1 heterocycles. The SMILES string of the molecule is NCC1(Cc2noc(=O)[nH]2)C2CCCC1CCC2. The van der Waals surface area contributed by atoms with E-state index in [-0.39, 0.29) is 5.41 Å². The average molecular weight is 251 g/mol. The predicted octanol–water partition coefficient (Wildman–Crippen LogP) is 1.45. The maximum absolute atomic E-state index is 11.1. The zero-order chi connectivity index (χ0) is 12.6. The highest BCUT2D eigenvalue weighted by Crippen LogP contribution is 2.53. The van der Waals surface area contributed by atoms with Crippen molar-refractivity contribution in [2.24, 2.45) is 23.0 Å². The lowest BCUT2D eigenvalue weighted by Crippen LogP contribution is -2.50. The van der Waals surface area contributed by atoms with Gasteiger partial charge in [0.2, 0.25) is 0 Å². The van der Waals surface area contributed by atoms with Crippen LogP contribution in [-0.2, 0) is 6.42 Å². The van der Waals surface area contributed by atoms with Crippen molar-refractivity contribution in [2.45, 2.75) is 44.9 Å². The minimum absolute atomic E-state index is 0.135. The number of nitrogens with two attached hydrogens (primary N) is 1. The van der Waals surface area contributed by atoms with Gasteiger partial charge in [-0.2, -0.15) is 0 Å². The molecule has 0 aliphatic heterocycles. The van der Waals surface area contributed by atoms with Gasteiger partial charge in [-0.05, 0) is 49.5 Å². The van der Waals surface area contributed by atoms with Crippen LogP contribution in [0.15, 0.2) is 9.32 Å². The van der Waals surface area contributed by atoms with Crippen LogP contribution in [0, 0.1) is 17.3 Å². The van der Waals surface area contributed by atoms with Gasteiger partial charge in [-0.1, -0.05) is 18.0 Å². The molecule has 0 radical (unpaired) electrons. The summed E-state index contributed by atoms with van der Waals surface area (Å²) < 4.78 is 4.62. The van der Waals surface area contributed by atoms with E-state index in [0.717, 1.165) is 6.42 Å². The summed E-state index contributed by atoms with van der Waals surface area (Å²) in [5, 5.41) is 3.83. The smallest absolute Gasteiger partial charge is 0.330 e. The molecule has 0 atom stereocenters. The molecule has 2 saturated carbocycles. The van der Waals surface area contributed by atoms with E-state index in [1.807, 2.05) is 0 Å². The molecule has 5 heteroatoms. The van der Waals surface area contributed by atoms with Crippen LogP contribution in [0.4, 0.5) is 0 Å². The summed E-state index contributed by atoms with van der Waals surface area (Å²) in [7, 11) is 0. The summed E-state index contributed by atoms with van der Waals surface area (Å²) in [5.41, 5.74) is 6.27. The van der Waals surface area contributed by atoms with Gasteiger partial charge in [0.1, 0.15) is 0 Å². The normalized spacial score (nSPS) is 35.6. The number of hydrogen-bond acceptors (Lipinski definition) is 4. The third kappa shape index (κ3) is 1.81. The largest absolute Gasteiger partial charge is 0.438 e. The first-order valence-electron chi connectivity index (χ1n) is 6.99. The van der Waals surface area contributed by atoms with E-state index in [9.17, 15) is 4.79 Å². The number of H-pyrrole nitrogens is 1. The monoisotopic (exact) mass is 251 g/mol. The van der Waals surface area contributed by atoms with E-state index in [1.165, 1.54) is 38.5 Å². The van der Waals surface area contributed by atoms with E-state index in [4.69, 9.17) is 5.73 Å². The number of nitrogens with one attached hydrogen (secondary N) is 1. The minimum Gasteiger partial charge on any atom is -0.330 e. The van der Waals surface area contributed by atoms with E-state index in [0.29, 0.717) is 24.2 Å². The second-order valence-corrected chi connectivity index (χ2v) is 5.91. The van der Waals surface area contributed by atoms with Gasteiger partial charge in [-0.3, -0.25) is 9.51 Å². The molecule has 2 bridgehead atoms. The van der Waals surface area contributed by atoms with E-state index >= 15 is 0 Å². The summed E-state index contributed by atoms with van der Waals surface area (Å²) in [4.78, 5) is 13.7. The third-order valence-electron chi connectivity index (χ3n) is 5.20. The fraction of sp³-hybridized carbons (Fsp3) is 0.846. The molecule has 3 rings (SSSR count). The number of rotatable bonds is 3. The maximum atomic E-state index is 11.1. The topological polar surface area (TPSA) is 84.9 Å². The molecule has 5 nitrogen and oxygen atoms in total. The molecule has 2 aliphatic rings. The molecule has 100 valence electrons. The summed E-state index contributed by atoms with van der Waals surface area (Å²) in [6.07, 6.45) is 8.51. The number of aromatic nitrogens is 2. The lowest BCUT2D eigenvalue weighted by molar-refractivity contribution is -0.0136. The van der Waals surface area contributed by atoms with Crippen molar-refractivity contribution in [1.29, 1.82) is 0 Å². The standard InChI is InChI=1S/C13H21N3O2/c14-8-13(7-11-15-12(17)18-16-11)9-3-1-4-10(13)6-2-5-9/h9-10H,1-8,14H2,(H,15,16,17). The highest BCUT2D eigenvalue weighted by Gasteiger charge is 2.48. The molecule has 0 unspecified atom stereocenters. The van der Waals surface area contributed by atoms with Crippen molar-refractivity contribution in [3.8, 4) is 0 Å². The Morgan fingerprint density at radius 1 is 1.28 bits per heavy atom. The molecule has 2 fully saturated rings. The Morgan fingerprint density at radius 2 is 1.89 bits per heavy atom. The summed E-state index contributed by atoms with van der Waals surface area (Å²) in [6, 6.07) is 0. The Balaban J connectivity index is 1.90. The number of nitrogens with zero attached hydrogens (tertiary/aromatic N) is 1. The van der Waals surface area contributed by atoms with Gasteiger partial charge < -0.3 is 5.73 Å². The first-order valence-corrected chi connectivity index (χ1v) is 6.99. The van der Waals surface area contributed by atoms with E-state index in [2.05, 4.69) is 14.7 Å². The zero-order valence-corrected chi connectivity index (χ0v) is 10.7. The molecular weight excluding hydrogens is 230 g/mol. The Morgan fingerprint density at radius 3 is 2.33 bits per heavy atom. The van der Waals surface area contributed by atoms with Crippen LogP contribution in [-0.4, -0.2) is 16.7 Å². The number of hydrogen-bond donors (Lipinski definition) is 2. The number of fused-ring (bicyclic) bond motifs is 2. The number of aromatic amines is 1. The molecule has 0 saturated heterocycles. The Kier molecular flexibility index (Phi) is 3.01. The van der Waals surface area contributed by atoms with Crippen LogP contribution >= 0.6 is 0 Å². The van der Waals surface area contributed by atoms with Gasteiger partial charge in [-0.15, -0.1) is 0 Å². The zero-order valence-electron chi connectivity index (χ0n) is 10.7. The summed E-state index contributed by atoms with van der Waals surface area (Å²) >= 11 is 0. The maximum Gasteiger partial charge on any atom is 0.438 e. The van der Waals surface area contributed by atoms with Crippen molar-refractivity contribution in [2.75, 3.05) is 6.54 Å². The van der Waals surface area contributed by atoms with Gasteiger partial charge in [-0.25, -0.2) is 4.79 Å². The second kappa shape index (κ2) is 4.53. The van der Waals surface area contributed by atoms with Gasteiger partial charge in [0.15, 0.2) is 5.82 Å². The fourth-order valence-electron chi connectivity index (χ4n) is 4.34. The van der Waals surface area contributed by atoms with Crippen LogP contribution in [0.25, 0.3) is 0 Å². The molecule has 0 amide bonds. The van der Waals surface area contributed by atoms with Crippen LogP contribution in [0.2, 0.25) is 0 Å². The van der Waals surface area contributed by atoms with Crippen molar-refractivity contribution in [3.63, 3.8) is 0 Å². The van der Waals surface area contributed by atoms with Gasteiger partial charge in [0, 0.05) is 6.42 Å². The summed E-state index contributed by atoms with van der Waals surface area (Å²) in [6.45, 7) is 0.692. The molecule has 1 aromatic heterocycles. The van der Waals surface area contributed by atoms with Crippen molar-refractivity contribution < 1.29 is 4.52 Å². The van der Waals surface area contributed by atoms with Crippen LogP contribution in [0.3, 0.4) is 0 Å². The Hall–Kier alpha value is -1.10. The van der Waals surface area contributed by atoms with E-state index in [1.54, 1.807) is 0 Å². The molecule has 18 heavy (non-hydrogen) atoms. The molecule has 3 N–H and O–H groups in total. The van der Waals surface area contributed by atoms with Crippen molar-refractivity contribution >= 4 is 0 Å². The fourth-order valence-corrected chi connectivity index (χ4v) is 4.34. The summed E-state index contributed by atoms with van der Waals surface area (Å²) in [5.74, 6) is 1.59. The Bertz CT molecular complexity index is 443. The molecule has 2 aliphatic carbocycles. The van der Waals surface area contributed by atoms with Crippen LogP contribution in [0.1, 0.15) is 44.3 Å². The highest BCUT2D eigenvalue weighted by molar-refractivity contribution is 5.03. The predicted molar refractivity (Wildman–Crippen MR) is 67.0 cm³/mol. The van der Waals surface area contributed by atoms with Crippen molar-refractivity contribution in [1.82, 2.24) is 10.1 Å². The van der Waals surface area contributed by atoms with Gasteiger partial charge in [0.05, 0.1) is 0 Å². The second-order valence-electron chi connectivity index (χ2n) is 5.91. The minimum atomic E-state index is -0.460. The third-order valence-corrected chi connectivity index (χ3v) is 5.20. The quantitative estimate of drug-likeness (QED) is 0.851. The average Bonchev–Trinajstić information content (AvgIpc) is 2.74. The van der Waals surface area contributed by atoms with Crippen molar-refractivity contribution in [3.05, 3.63) is 16.4 Å². The van der Waals surface area contributed by atoms with Crippen LogP contribution < -0.4 is 11.5 Å². The molecule has 1 aromatic rings. The molecular formula is C13H21N3O2. The van der Waals surface area contributed by atoms with E-state index < -0.39 is 5.76 Å². The lowest BCUT2D eigenvalue weighted by Gasteiger charge is -2.52.